The van der Waals surface area contributed by atoms with Gasteiger partial charge in [0.1, 0.15) is 6.04 Å². The maximum Gasteiger partial charge on any atom is 0.327 e. The Bertz CT molecular complexity index is 684. The Balaban J connectivity index is 1.90. The average molecular weight is 351 g/mol. The lowest BCUT2D eigenvalue weighted by Gasteiger charge is -2.28. The van der Waals surface area contributed by atoms with Crippen LogP contribution in [0.5, 0.6) is 0 Å². The van der Waals surface area contributed by atoms with Crippen molar-refractivity contribution in [2.75, 3.05) is 0 Å². The molecule has 1 aliphatic carbocycles. The first-order chi connectivity index (χ1) is 12.7. The van der Waals surface area contributed by atoms with Gasteiger partial charge in [0.2, 0.25) is 5.91 Å². The van der Waals surface area contributed by atoms with Crippen molar-refractivity contribution >= 4 is 11.9 Å². The van der Waals surface area contributed by atoms with Crippen LogP contribution in [0.15, 0.2) is 60.7 Å². The van der Waals surface area contributed by atoms with Crippen LogP contribution in [0.25, 0.3) is 0 Å². The van der Waals surface area contributed by atoms with Crippen molar-refractivity contribution in [3.8, 4) is 0 Å². The predicted molar refractivity (Wildman–Crippen MR) is 101 cm³/mol. The fourth-order valence-corrected chi connectivity index (χ4v) is 3.82. The topological polar surface area (TPSA) is 66.4 Å². The SMILES string of the molecule is O=C(N[C@H](C(=O)O)C(c1ccccc1)c1ccccc1)C1CCCCC1. The quantitative estimate of drug-likeness (QED) is 0.827. The smallest absolute Gasteiger partial charge is 0.327 e. The number of hydrogen-bond donors (Lipinski definition) is 2. The van der Waals surface area contributed by atoms with E-state index in [-0.39, 0.29) is 11.8 Å². The van der Waals surface area contributed by atoms with E-state index in [4.69, 9.17) is 0 Å². The summed E-state index contributed by atoms with van der Waals surface area (Å²) in [6, 6.07) is 18.1. The molecule has 0 unspecified atom stereocenters. The zero-order chi connectivity index (χ0) is 18.4. The van der Waals surface area contributed by atoms with E-state index in [0.29, 0.717) is 0 Å². The van der Waals surface area contributed by atoms with Gasteiger partial charge in [-0.05, 0) is 24.0 Å². The zero-order valence-corrected chi connectivity index (χ0v) is 14.8. The Morgan fingerprint density at radius 1 is 0.846 bits per heavy atom. The molecule has 136 valence electrons. The molecule has 1 amide bonds. The maximum atomic E-state index is 12.7. The lowest BCUT2D eigenvalue weighted by Crippen LogP contribution is -2.47. The Morgan fingerprint density at radius 3 is 1.81 bits per heavy atom. The van der Waals surface area contributed by atoms with E-state index in [1.165, 1.54) is 0 Å². The van der Waals surface area contributed by atoms with Gasteiger partial charge < -0.3 is 10.4 Å². The number of benzene rings is 2. The second-order valence-electron chi connectivity index (χ2n) is 6.96. The van der Waals surface area contributed by atoms with Gasteiger partial charge in [0.15, 0.2) is 0 Å². The highest BCUT2D eigenvalue weighted by Crippen LogP contribution is 2.30. The van der Waals surface area contributed by atoms with Gasteiger partial charge in [0.25, 0.3) is 0 Å². The number of carboxylic acids is 1. The molecule has 0 aliphatic heterocycles. The van der Waals surface area contributed by atoms with E-state index in [1.807, 2.05) is 60.7 Å². The largest absolute Gasteiger partial charge is 0.480 e. The first kappa shape index (κ1) is 18.2. The molecule has 0 bridgehead atoms. The standard InChI is InChI=1S/C22H25NO3/c24-21(18-14-8-3-9-15-18)23-20(22(25)26)19(16-10-4-1-5-11-16)17-12-6-2-7-13-17/h1-2,4-7,10-13,18-20H,3,8-9,14-15H2,(H,23,24)(H,25,26)/t20-/m0/s1. The summed E-state index contributed by atoms with van der Waals surface area (Å²) in [5.41, 5.74) is 1.77. The summed E-state index contributed by atoms with van der Waals surface area (Å²) in [5.74, 6) is -1.64. The number of nitrogens with one attached hydrogen (secondary N) is 1. The van der Waals surface area contributed by atoms with Crippen LogP contribution >= 0.6 is 0 Å². The molecule has 0 spiro atoms. The van der Waals surface area contributed by atoms with Crippen LogP contribution in [0.2, 0.25) is 0 Å². The minimum atomic E-state index is -1.01. The molecular weight excluding hydrogens is 326 g/mol. The summed E-state index contributed by atoms with van der Waals surface area (Å²) in [7, 11) is 0. The van der Waals surface area contributed by atoms with Crippen LogP contribution in [0.4, 0.5) is 0 Å². The van der Waals surface area contributed by atoms with Gasteiger partial charge in [0.05, 0.1) is 0 Å². The van der Waals surface area contributed by atoms with Crippen molar-refractivity contribution in [2.45, 2.75) is 44.1 Å². The summed E-state index contributed by atoms with van der Waals surface area (Å²) < 4.78 is 0. The molecule has 26 heavy (non-hydrogen) atoms. The summed E-state index contributed by atoms with van der Waals surface area (Å²) in [5, 5.41) is 12.7. The van der Waals surface area contributed by atoms with E-state index in [2.05, 4.69) is 5.32 Å². The fourth-order valence-electron chi connectivity index (χ4n) is 3.82. The Morgan fingerprint density at radius 2 is 1.35 bits per heavy atom. The van der Waals surface area contributed by atoms with E-state index in [0.717, 1.165) is 43.2 Å². The number of carbonyl (C=O) groups is 2. The van der Waals surface area contributed by atoms with E-state index in [1.54, 1.807) is 0 Å². The highest BCUT2D eigenvalue weighted by molar-refractivity contribution is 5.86. The summed E-state index contributed by atoms with van der Waals surface area (Å²) >= 11 is 0. The molecule has 0 aromatic heterocycles. The number of rotatable bonds is 6. The molecule has 4 heteroatoms. The van der Waals surface area contributed by atoms with Crippen LogP contribution in [-0.2, 0) is 9.59 Å². The number of carboxylic acid groups (broad SMARTS) is 1. The van der Waals surface area contributed by atoms with Gasteiger partial charge in [0, 0.05) is 11.8 Å². The number of amides is 1. The third-order valence-electron chi connectivity index (χ3n) is 5.19. The summed E-state index contributed by atoms with van der Waals surface area (Å²) in [4.78, 5) is 24.8. The minimum absolute atomic E-state index is 0.0715. The van der Waals surface area contributed by atoms with Crippen LogP contribution in [0, 0.1) is 5.92 Å². The van der Waals surface area contributed by atoms with E-state index >= 15 is 0 Å². The maximum absolute atomic E-state index is 12.7. The fraction of sp³-hybridized carbons (Fsp3) is 0.364. The predicted octanol–water partition coefficient (Wildman–Crippen LogP) is 3.97. The molecule has 2 aromatic carbocycles. The molecule has 1 aliphatic rings. The normalized spacial score (nSPS) is 16.2. The third-order valence-corrected chi connectivity index (χ3v) is 5.19. The second kappa shape index (κ2) is 8.65. The van der Waals surface area contributed by atoms with E-state index < -0.39 is 17.9 Å². The molecule has 1 fully saturated rings. The summed E-state index contributed by atoms with van der Waals surface area (Å²) in [6.45, 7) is 0. The van der Waals surface area contributed by atoms with Crippen molar-refractivity contribution in [1.29, 1.82) is 0 Å². The van der Waals surface area contributed by atoms with Gasteiger partial charge in [-0.1, -0.05) is 79.9 Å². The Labute approximate surface area is 154 Å². The van der Waals surface area contributed by atoms with Gasteiger partial charge in [-0.3, -0.25) is 4.79 Å². The van der Waals surface area contributed by atoms with Crippen LogP contribution in [0.1, 0.15) is 49.1 Å². The monoisotopic (exact) mass is 351 g/mol. The lowest BCUT2D eigenvalue weighted by atomic mass is 9.83. The third kappa shape index (κ3) is 4.31. The van der Waals surface area contributed by atoms with Crippen LogP contribution in [-0.4, -0.2) is 23.0 Å². The molecule has 3 rings (SSSR count). The van der Waals surface area contributed by atoms with Crippen molar-refractivity contribution in [1.82, 2.24) is 5.32 Å². The van der Waals surface area contributed by atoms with Gasteiger partial charge in [-0.2, -0.15) is 0 Å². The number of hydrogen-bond acceptors (Lipinski definition) is 2. The first-order valence-corrected chi connectivity index (χ1v) is 9.30. The van der Waals surface area contributed by atoms with Gasteiger partial charge in [-0.25, -0.2) is 4.79 Å². The van der Waals surface area contributed by atoms with E-state index in [9.17, 15) is 14.7 Å². The number of carbonyl (C=O) groups excluding carboxylic acids is 1. The van der Waals surface area contributed by atoms with Crippen molar-refractivity contribution in [3.63, 3.8) is 0 Å². The van der Waals surface area contributed by atoms with Gasteiger partial charge in [-0.15, -0.1) is 0 Å². The van der Waals surface area contributed by atoms with Crippen LogP contribution in [0.3, 0.4) is 0 Å². The Kier molecular flexibility index (Phi) is 6.05. The van der Waals surface area contributed by atoms with Gasteiger partial charge >= 0.3 is 5.97 Å². The molecule has 1 saturated carbocycles. The molecule has 2 N–H and O–H groups in total. The molecule has 2 aromatic rings. The minimum Gasteiger partial charge on any atom is -0.480 e. The molecule has 0 heterocycles. The second-order valence-corrected chi connectivity index (χ2v) is 6.96. The Hall–Kier alpha value is -2.62. The van der Waals surface area contributed by atoms with Crippen LogP contribution < -0.4 is 5.32 Å². The molecule has 0 radical (unpaired) electrons. The van der Waals surface area contributed by atoms with Crippen molar-refractivity contribution in [3.05, 3.63) is 71.8 Å². The van der Waals surface area contributed by atoms with Crippen molar-refractivity contribution < 1.29 is 14.7 Å². The molecule has 4 nitrogen and oxygen atoms in total. The highest BCUT2D eigenvalue weighted by atomic mass is 16.4. The lowest BCUT2D eigenvalue weighted by molar-refractivity contribution is -0.143. The number of aliphatic carboxylic acids is 1. The van der Waals surface area contributed by atoms with Crippen molar-refractivity contribution in [2.24, 2.45) is 5.92 Å². The highest BCUT2D eigenvalue weighted by Gasteiger charge is 2.34. The zero-order valence-electron chi connectivity index (χ0n) is 14.8. The molecule has 1 atom stereocenters. The molecular formula is C22H25NO3. The summed E-state index contributed by atoms with van der Waals surface area (Å²) in [6.07, 6.45) is 4.93. The molecule has 0 saturated heterocycles. The first-order valence-electron chi connectivity index (χ1n) is 9.30. The average Bonchev–Trinajstić information content (AvgIpc) is 2.69.